The van der Waals surface area contributed by atoms with Crippen molar-refractivity contribution >= 4 is 40.9 Å². The highest BCUT2D eigenvalue weighted by molar-refractivity contribution is 6.28. The first-order chi connectivity index (χ1) is 10.7. The van der Waals surface area contributed by atoms with Gasteiger partial charge in [-0.05, 0) is 43.8 Å². The molecule has 1 atom stereocenters. The van der Waals surface area contributed by atoms with Crippen molar-refractivity contribution in [1.29, 1.82) is 0 Å². The Morgan fingerprint density at radius 1 is 1.39 bits per heavy atom. The van der Waals surface area contributed by atoms with Crippen molar-refractivity contribution in [3.8, 4) is 0 Å². The summed E-state index contributed by atoms with van der Waals surface area (Å²) in [7, 11) is 1.94. The van der Waals surface area contributed by atoms with Crippen LogP contribution in [0.5, 0.6) is 0 Å². The molecular formula is C15H19Cl2N5O. The number of H-pyrrole nitrogens is 1. The van der Waals surface area contributed by atoms with Crippen molar-refractivity contribution in [3.05, 3.63) is 41.2 Å². The first-order valence-corrected chi connectivity index (χ1v) is 7.52. The largest absolute Gasteiger partial charge is 0.467 e. The number of anilines is 1. The van der Waals surface area contributed by atoms with E-state index in [4.69, 9.17) is 16.0 Å². The van der Waals surface area contributed by atoms with E-state index in [0.29, 0.717) is 18.4 Å². The van der Waals surface area contributed by atoms with Crippen LogP contribution < -0.4 is 10.6 Å². The molecule has 3 aromatic rings. The summed E-state index contributed by atoms with van der Waals surface area (Å²) in [5.41, 5.74) is 1.83. The summed E-state index contributed by atoms with van der Waals surface area (Å²) in [4.78, 5) is 11.8. The molecule has 0 saturated carbocycles. The molecule has 0 fully saturated rings. The number of nitrogens with one attached hydrogen (secondary N) is 3. The number of rotatable bonds is 6. The molecule has 8 heteroatoms. The van der Waals surface area contributed by atoms with E-state index in [1.165, 1.54) is 0 Å². The van der Waals surface area contributed by atoms with Gasteiger partial charge in [-0.3, -0.25) is 0 Å². The van der Waals surface area contributed by atoms with Gasteiger partial charge < -0.3 is 20.0 Å². The Bertz CT molecular complexity index is 757. The fraction of sp³-hybridized carbons (Fsp3) is 0.333. The maximum absolute atomic E-state index is 6.01. The predicted molar refractivity (Wildman–Crippen MR) is 94.4 cm³/mol. The lowest BCUT2D eigenvalue weighted by molar-refractivity contribution is 0.518. The normalized spacial score (nSPS) is 12.1. The van der Waals surface area contributed by atoms with Gasteiger partial charge in [0.05, 0.1) is 18.2 Å². The van der Waals surface area contributed by atoms with Crippen molar-refractivity contribution in [3.63, 3.8) is 0 Å². The van der Waals surface area contributed by atoms with Gasteiger partial charge in [0.25, 0.3) is 0 Å². The molecule has 0 aliphatic heterocycles. The number of likely N-dealkylation sites (N-methyl/N-ethyl adjacent to an activating group) is 1. The number of aromatic nitrogens is 3. The van der Waals surface area contributed by atoms with Crippen LogP contribution in [0.25, 0.3) is 11.0 Å². The predicted octanol–water partition coefficient (Wildman–Crippen LogP) is 3.39. The number of hydrogen-bond donors (Lipinski definition) is 3. The number of hydrogen-bond acceptors (Lipinski definition) is 5. The van der Waals surface area contributed by atoms with Crippen molar-refractivity contribution in [2.75, 3.05) is 12.4 Å². The van der Waals surface area contributed by atoms with Crippen LogP contribution in [0, 0.1) is 0 Å². The van der Waals surface area contributed by atoms with Crippen LogP contribution in [0.15, 0.2) is 28.9 Å². The SMILES string of the molecule is CNC(C)Cc1cc2c(NCc3ccco3)nc(Cl)nc2[nH]1.Cl. The molecule has 3 N–H and O–H groups in total. The fourth-order valence-electron chi connectivity index (χ4n) is 2.30. The minimum Gasteiger partial charge on any atom is -0.467 e. The molecule has 3 rings (SSSR count). The van der Waals surface area contributed by atoms with Gasteiger partial charge in [-0.25, -0.2) is 4.98 Å². The molecule has 6 nitrogen and oxygen atoms in total. The summed E-state index contributed by atoms with van der Waals surface area (Å²) >= 11 is 6.01. The summed E-state index contributed by atoms with van der Waals surface area (Å²) in [6.07, 6.45) is 2.52. The summed E-state index contributed by atoms with van der Waals surface area (Å²) in [5, 5.41) is 7.60. The topological polar surface area (TPSA) is 78.8 Å². The average Bonchev–Trinajstić information content (AvgIpc) is 3.13. The second kappa shape index (κ2) is 7.68. The van der Waals surface area contributed by atoms with Crippen molar-refractivity contribution in [2.45, 2.75) is 25.9 Å². The molecule has 0 bridgehead atoms. The van der Waals surface area contributed by atoms with Crippen molar-refractivity contribution in [1.82, 2.24) is 20.3 Å². The Kier molecular flexibility index (Phi) is 5.87. The van der Waals surface area contributed by atoms with E-state index in [9.17, 15) is 0 Å². The van der Waals surface area contributed by atoms with Crippen LogP contribution in [-0.4, -0.2) is 28.0 Å². The quantitative estimate of drug-likeness (QED) is 0.590. The Hall–Kier alpha value is -1.76. The van der Waals surface area contributed by atoms with E-state index >= 15 is 0 Å². The first kappa shape index (κ1) is 17.6. The summed E-state index contributed by atoms with van der Waals surface area (Å²) in [6.45, 7) is 2.67. The highest BCUT2D eigenvalue weighted by atomic mass is 35.5. The molecule has 0 radical (unpaired) electrons. The van der Waals surface area contributed by atoms with Crippen molar-refractivity contribution in [2.24, 2.45) is 0 Å². The number of furan rings is 1. The number of aromatic amines is 1. The molecule has 0 aromatic carbocycles. The Labute approximate surface area is 145 Å². The third-order valence-corrected chi connectivity index (χ3v) is 3.71. The lowest BCUT2D eigenvalue weighted by Crippen LogP contribution is -2.23. The van der Waals surface area contributed by atoms with Crippen LogP contribution in [-0.2, 0) is 13.0 Å². The molecule has 0 saturated heterocycles. The smallest absolute Gasteiger partial charge is 0.226 e. The first-order valence-electron chi connectivity index (χ1n) is 7.14. The van der Waals surface area contributed by atoms with E-state index in [1.54, 1.807) is 6.26 Å². The summed E-state index contributed by atoms with van der Waals surface area (Å²) in [6, 6.07) is 6.19. The number of nitrogens with zero attached hydrogens (tertiary/aromatic N) is 2. The summed E-state index contributed by atoms with van der Waals surface area (Å²) in [5.74, 6) is 1.54. The van der Waals surface area contributed by atoms with Crippen LogP contribution in [0.4, 0.5) is 5.82 Å². The standard InChI is InChI=1S/C15H18ClN5O.ClH/c1-9(17-2)6-10-7-12-13(18-8-11-4-3-5-22-11)20-15(16)21-14(12)19-10;/h3-5,7,9,17H,6,8H2,1-2H3,(H2,18,19,20,21);1H. The van der Waals surface area contributed by atoms with Gasteiger partial charge in [0, 0.05) is 18.2 Å². The minimum absolute atomic E-state index is 0. The zero-order chi connectivity index (χ0) is 15.5. The zero-order valence-corrected chi connectivity index (χ0v) is 14.5. The fourth-order valence-corrected chi connectivity index (χ4v) is 2.47. The average molecular weight is 356 g/mol. The van der Waals surface area contributed by atoms with Gasteiger partial charge in [-0.15, -0.1) is 12.4 Å². The van der Waals surface area contributed by atoms with Crippen LogP contribution in [0.1, 0.15) is 18.4 Å². The number of fused-ring (bicyclic) bond motifs is 1. The zero-order valence-electron chi connectivity index (χ0n) is 12.9. The Morgan fingerprint density at radius 3 is 2.91 bits per heavy atom. The van der Waals surface area contributed by atoms with E-state index in [-0.39, 0.29) is 17.7 Å². The van der Waals surface area contributed by atoms with Gasteiger partial charge in [-0.2, -0.15) is 4.98 Å². The van der Waals surface area contributed by atoms with Gasteiger partial charge in [0.2, 0.25) is 5.28 Å². The van der Waals surface area contributed by atoms with Gasteiger partial charge in [0.1, 0.15) is 17.2 Å². The van der Waals surface area contributed by atoms with Gasteiger partial charge in [-0.1, -0.05) is 0 Å². The van der Waals surface area contributed by atoms with Crippen LogP contribution in [0.2, 0.25) is 5.28 Å². The van der Waals surface area contributed by atoms with E-state index < -0.39 is 0 Å². The second-order valence-corrected chi connectivity index (χ2v) is 5.56. The van der Waals surface area contributed by atoms with E-state index in [2.05, 4.69) is 38.6 Å². The molecule has 0 spiro atoms. The molecule has 0 aliphatic carbocycles. The number of halogens is 2. The Morgan fingerprint density at radius 2 is 2.22 bits per heavy atom. The third kappa shape index (κ3) is 4.16. The molecule has 3 heterocycles. The van der Waals surface area contributed by atoms with Gasteiger partial charge in [0.15, 0.2) is 0 Å². The van der Waals surface area contributed by atoms with E-state index in [0.717, 1.165) is 28.9 Å². The molecule has 0 amide bonds. The lowest BCUT2D eigenvalue weighted by atomic mass is 10.2. The molecule has 3 aromatic heterocycles. The molecule has 1 unspecified atom stereocenters. The highest BCUT2D eigenvalue weighted by Gasteiger charge is 2.12. The van der Waals surface area contributed by atoms with Crippen LogP contribution >= 0.6 is 24.0 Å². The minimum atomic E-state index is 0. The van der Waals surface area contributed by atoms with E-state index in [1.807, 2.05) is 19.2 Å². The summed E-state index contributed by atoms with van der Waals surface area (Å²) < 4.78 is 5.31. The second-order valence-electron chi connectivity index (χ2n) is 5.22. The maximum Gasteiger partial charge on any atom is 0.226 e. The Balaban J connectivity index is 0.00000192. The maximum atomic E-state index is 6.01. The third-order valence-electron chi connectivity index (χ3n) is 3.54. The monoisotopic (exact) mass is 355 g/mol. The molecule has 124 valence electrons. The van der Waals surface area contributed by atoms with Crippen molar-refractivity contribution < 1.29 is 4.42 Å². The van der Waals surface area contributed by atoms with Gasteiger partial charge >= 0.3 is 0 Å². The highest BCUT2D eigenvalue weighted by Crippen LogP contribution is 2.24. The molecular weight excluding hydrogens is 337 g/mol. The lowest BCUT2D eigenvalue weighted by Gasteiger charge is -2.07. The van der Waals surface area contributed by atoms with Crippen LogP contribution in [0.3, 0.4) is 0 Å². The molecule has 23 heavy (non-hydrogen) atoms. The molecule has 0 aliphatic rings.